The van der Waals surface area contributed by atoms with Gasteiger partial charge in [0.2, 0.25) is 0 Å². The first-order valence-corrected chi connectivity index (χ1v) is 5.98. The fraction of sp³-hybridized carbons (Fsp3) is 0.667. The first-order valence-electron chi connectivity index (χ1n) is 5.98. The summed E-state index contributed by atoms with van der Waals surface area (Å²) in [6, 6.07) is 0.732. The number of allylic oxidation sites excluding steroid dienone is 1. The molecule has 1 aromatic rings. The van der Waals surface area contributed by atoms with Crippen LogP contribution < -0.4 is 5.73 Å². The van der Waals surface area contributed by atoms with Gasteiger partial charge in [-0.1, -0.05) is 11.6 Å². The van der Waals surface area contributed by atoms with Crippen molar-refractivity contribution in [3.63, 3.8) is 0 Å². The summed E-state index contributed by atoms with van der Waals surface area (Å²) in [5, 5.41) is 4.25. The van der Waals surface area contributed by atoms with E-state index >= 15 is 0 Å². The molecule has 0 amide bonds. The van der Waals surface area contributed by atoms with E-state index in [9.17, 15) is 0 Å². The van der Waals surface area contributed by atoms with Crippen molar-refractivity contribution in [3.05, 3.63) is 23.8 Å². The van der Waals surface area contributed by atoms with E-state index in [0.717, 1.165) is 31.5 Å². The summed E-state index contributed by atoms with van der Waals surface area (Å²) in [4.78, 5) is 4.33. The van der Waals surface area contributed by atoms with Crippen molar-refractivity contribution < 1.29 is 0 Å². The van der Waals surface area contributed by atoms with Crippen LogP contribution in [0.1, 0.15) is 45.0 Å². The minimum atomic E-state index is 0.353. The molecule has 0 radical (unpaired) electrons. The zero-order valence-electron chi connectivity index (χ0n) is 10.1. The summed E-state index contributed by atoms with van der Waals surface area (Å²) < 4.78 is 2.00. The average molecular weight is 220 g/mol. The molecule has 2 rings (SSSR count). The Morgan fingerprint density at radius 2 is 2.38 bits per heavy atom. The van der Waals surface area contributed by atoms with E-state index < -0.39 is 0 Å². The van der Waals surface area contributed by atoms with E-state index in [0.29, 0.717) is 12.1 Å². The van der Waals surface area contributed by atoms with Crippen molar-refractivity contribution in [1.29, 1.82) is 0 Å². The average Bonchev–Trinajstić information content (AvgIpc) is 2.69. The van der Waals surface area contributed by atoms with E-state index in [1.54, 1.807) is 6.33 Å². The fourth-order valence-corrected chi connectivity index (χ4v) is 2.10. The van der Waals surface area contributed by atoms with Gasteiger partial charge in [-0.15, -0.1) is 0 Å². The zero-order chi connectivity index (χ0) is 11.5. The second-order valence-electron chi connectivity index (χ2n) is 4.79. The van der Waals surface area contributed by atoms with Gasteiger partial charge >= 0.3 is 0 Å². The highest BCUT2D eigenvalue weighted by Gasteiger charge is 2.14. The smallest absolute Gasteiger partial charge is 0.138 e. The molecule has 16 heavy (non-hydrogen) atoms. The maximum atomic E-state index is 5.87. The minimum Gasteiger partial charge on any atom is -0.327 e. The maximum absolute atomic E-state index is 5.87. The van der Waals surface area contributed by atoms with Crippen molar-refractivity contribution in [2.45, 2.75) is 51.6 Å². The molecule has 0 saturated carbocycles. The van der Waals surface area contributed by atoms with Crippen LogP contribution in [-0.4, -0.2) is 20.8 Å². The Morgan fingerprint density at radius 3 is 3.00 bits per heavy atom. The van der Waals surface area contributed by atoms with Gasteiger partial charge in [0.05, 0.1) is 0 Å². The second kappa shape index (κ2) is 4.78. The molecule has 4 heteroatoms. The first-order chi connectivity index (χ1) is 7.66. The van der Waals surface area contributed by atoms with Gasteiger partial charge in [-0.05, 0) is 33.1 Å². The van der Waals surface area contributed by atoms with Gasteiger partial charge in [-0.3, -0.25) is 0 Å². The van der Waals surface area contributed by atoms with Gasteiger partial charge < -0.3 is 5.73 Å². The van der Waals surface area contributed by atoms with Crippen LogP contribution >= 0.6 is 0 Å². The monoisotopic (exact) mass is 220 g/mol. The lowest BCUT2D eigenvalue weighted by Crippen LogP contribution is -2.22. The Balaban J connectivity index is 2.06. The van der Waals surface area contributed by atoms with Gasteiger partial charge in [0.25, 0.3) is 0 Å². The molecule has 1 aromatic heterocycles. The Labute approximate surface area is 96.6 Å². The van der Waals surface area contributed by atoms with Crippen LogP contribution in [0.5, 0.6) is 0 Å². The topological polar surface area (TPSA) is 56.7 Å². The maximum Gasteiger partial charge on any atom is 0.138 e. The third-order valence-corrected chi connectivity index (χ3v) is 3.07. The van der Waals surface area contributed by atoms with Gasteiger partial charge in [-0.2, -0.15) is 5.10 Å². The lowest BCUT2D eigenvalue weighted by molar-refractivity contribution is 0.504. The van der Waals surface area contributed by atoms with Crippen molar-refractivity contribution in [2.24, 2.45) is 5.73 Å². The Bertz CT molecular complexity index is 378. The summed E-state index contributed by atoms with van der Waals surface area (Å²) in [7, 11) is 0. The lowest BCUT2D eigenvalue weighted by atomic mass is 9.94. The van der Waals surface area contributed by atoms with Crippen molar-refractivity contribution in [3.8, 4) is 0 Å². The Kier molecular flexibility index (Phi) is 3.39. The van der Waals surface area contributed by atoms with E-state index in [1.165, 1.54) is 5.57 Å². The van der Waals surface area contributed by atoms with Gasteiger partial charge in [0.1, 0.15) is 12.2 Å². The molecule has 0 aliphatic heterocycles. The molecule has 0 spiro atoms. The number of rotatable bonds is 3. The summed E-state index contributed by atoms with van der Waals surface area (Å²) >= 11 is 0. The molecular weight excluding hydrogens is 200 g/mol. The number of hydrogen-bond acceptors (Lipinski definition) is 3. The molecule has 2 N–H and O–H groups in total. The van der Waals surface area contributed by atoms with Crippen LogP contribution in [0.2, 0.25) is 0 Å². The van der Waals surface area contributed by atoms with Crippen LogP contribution in [0.15, 0.2) is 18.0 Å². The van der Waals surface area contributed by atoms with Crippen LogP contribution in [0.25, 0.3) is 0 Å². The van der Waals surface area contributed by atoms with E-state index in [-0.39, 0.29) is 0 Å². The van der Waals surface area contributed by atoms with E-state index in [1.807, 2.05) is 4.68 Å². The van der Waals surface area contributed by atoms with Gasteiger partial charge in [0.15, 0.2) is 0 Å². The number of nitrogens with zero attached hydrogens (tertiary/aromatic N) is 3. The van der Waals surface area contributed by atoms with Crippen molar-refractivity contribution in [2.75, 3.05) is 0 Å². The largest absolute Gasteiger partial charge is 0.327 e. The summed E-state index contributed by atoms with van der Waals surface area (Å²) in [5.74, 6) is 1.07. The third-order valence-electron chi connectivity index (χ3n) is 3.07. The highest BCUT2D eigenvalue weighted by atomic mass is 15.3. The second-order valence-corrected chi connectivity index (χ2v) is 4.79. The van der Waals surface area contributed by atoms with Gasteiger partial charge in [-0.25, -0.2) is 9.67 Å². The fourth-order valence-electron chi connectivity index (χ4n) is 2.10. The highest BCUT2D eigenvalue weighted by molar-refractivity contribution is 5.13. The van der Waals surface area contributed by atoms with Crippen LogP contribution in [0.3, 0.4) is 0 Å². The summed E-state index contributed by atoms with van der Waals surface area (Å²) in [6.45, 7) is 4.26. The molecule has 1 heterocycles. The van der Waals surface area contributed by atoms with Crippen LogP contribution in [0.4, 0.5) is 0 Å². The van der Waals surface area contributed by atoms with E-state index in [2.05, 4.69) is 30.0 Å². The van der Waals surface area contributed by atoms with Crippen LogP contribution in [0, 0.1) is 0 Å². The van der Waals surface area contributed by atoms with Crippen molar-refractivity contribution >= 4 is 0 Å². The predicted octanol–water partition coefficient (Wildman–Crippen LogP) is 1.84. The lowest BCUT2D eigenvalue weighted by Gasteiger charge is -2.18. The van der Waals surface area contributed by atoms with Crippen molar-refractivity contribution in [1.82, 2.24) is 14.8 Å². The molecule has 1 aliphatic carbocycles. The SMILES string of the molecule is CC(C)n1ncnc1CC1=CCC(N)CC1. The number of hydrogen-bond donors (Lipinski definition) is 1. The Morgan fingerprint density at radius 1 is 1.56 bits per heavy atom. The summed E-state index contributed by atoms with van der Waals surface area (Å²) in [5.41, 5.74) is 7.33. The quantitative estimate of drug-likeness (QED) is 0.791. The minimum absolute atomic E-state index is 0.353. The molecule has 1 aliphatic rings. The molecule has 1 atom stereocenters. The summed E-state index contributed by atoms with van der Waals surface area (Å²) in [6.07, 6.45) is 8.04. The molecular formula is C12H20N4. The number of nitrogens with two attached hydrogens (primary N) is 1. The standard InChI is InChI=1S/C12H20N4/c1-9(2)16-12(14-8-15-16)7-10-3-5-11(13)6-4-10/h3,8-9,11H,4-7,13H2,1-2H3. The Hall–Kier alpha value is -1.16. The molecule has 0 fully saturated rings. The zero-order valence-corrected chi connectivity index (χ0v) is 10.1. The molecule has 1 unspecified atom stereocenters. The molecule has 0 saturated heterocycles. The molecule has 88 valence electrons. The highest BCUT2D eigenvalue weighted by Crippen LogP contribution is 2.20. The predicted molar refractivity (Wildman–Crippen MR) is 64.0 cm³/mol. The van der Waals surface area contributed by atoms with Crippen LogP contribution in [-0.2, 0) is 6.42 Å². The first kappa shape index (κ1) is 11.3. The molecule has 4 nitrogen and oxygen atoms in total. The third kappa shape index (κ3) is 2.50. The molecule has 0 bridgehead atoms. The normalized spacial score (nSPS) is 21.2. The molecule has 0 aromatic carbocycles. The van der Waals surface area contributed by atoms with E-state index in [4.69, 9.17) is 5.73 Å². The van der Waals surface area contributed by atoms with Gasteiger partial charge in [0, 0.05) is 18.5 Å². The number of aromatic nitrogens is 3.